The summed E-state index contributed by atoms with van der Waals surface area (Å²) in [5.41, 5.74) is 6.90. The predicted octanol–water partition coefficient (Wildman–Crippen LogP) is 4.58. The first-order chi connectivity index (χ1) is 9.42. The number of hydrogen-bond acceptors (Lipinski definition) is 4. The van der Waals surface area contributed by atoms with E-state index in [4.69, 9.17) is 5.73 Å². The van der Waals surface area contributed by atoms with Gasteiger partial charge in [0.05, 0.1) is 11.4 Å². The molecule has 0 bridgehead atoms. The molecule has 0 saturated carbocycles. The molecule has 4 nitrogen and oxygen atoms in total. The van der Waals surface area contributed by atoms with Crippen LogP contribution in [0.5, 0.6) is 5.75 Å². The van der Waals surface area contributed by atoms with Gasteiger partial charge in [0, 0.05) is 11.8 Å². The zero-order valence-corrected chi connectivity index (χ0v) is 10.1. The van der Waals surface area contributed by atoms with Gasteiger partial charge in [-0.05, 0) is 36.4 Å². The van der Waals surface area contributed by atoms with Crippen LogP contribution in [-0.2, 0) is 0 Å². The van der Waals surface area contributed by atoms with E-state index < -0.39 is 6.36 Å². The molecule has 2 aromatic carbocycles. The van der Waals surface area contributed by atoms with Gasteiger partial charge in [0.2, 0.25) is 0 Å². The number of alkyl halides is 3. The summed E-state index contributed by atoms with van der Waals surface area (Å²) < 4.78 is 40.0. The lowest BCUT2D eigenvalue weighted by molar-refractivity contribution is -0.274. The summed E-state index contributed by atoms with van der Waals surface area (Å²) in [6.07, 6.45) is -4.73. The Kier molecular flexibility index (Phi) is 3.88. The Labute approximate surface area is 112 Å². The summed E-state index contributed by atoms with van der Waals surface area (Å²) >= 11 is 0. The van der Waals surface area contributed by atoms with Crippen molar-refractivity contribution in [3.05, 3.63) is 48.5 Å². The third-order valence-electron chi connectivity index (χ3n) is 2.23. The van der Waals surface area contributed by atoms with Crippen molar-refractivity contribution in [2.24, 2.45) is 10.2 Å². The topological polar surface area (TPSA) is 60.0 Å². The van der Waals surface area contributed by atoms with Crippen LogP contribution in [0.15, 0.2) is 58.8 Å². The van der Waals surface area contributed by atoms with E-state index in [0.717, 1.165) is 6.07 Å². The van der Waals surface area contributed by atoms with E-state index >= 15 is 0 Å². The predicted molar refractivity (Wildman–Crippen MR) is 68.2 cm³/mol. The van der Waals surface area contributed by atoms with E-state index in [1.807, 2.05) is 0 Å². The van der Waals surface area contributed by atoms with Gasteiger partial charge in [0.1, 0.15) is 5.75 Å². The Morgan fingerprint density at radius 1 is 0.900 bits per heavy atom. The molecule has 0 aliphatic rings. The van der Waals surface area contributed by atoms with Crippen molar-refractivity contribution in [1.29, 1.82) is 0 Å². The zero-order valence-electron chi connectivity index (χ0n) is 10.1. The SMILES string of the molecule is Nc1ccc(N=Nc2cccc(OC(F)(F)F)c2)cc1. The third-order valence-corrected chi connectivity index (χ3v) is 2.23. The normalized spacial score (nSPS) is 11.8. The van der Waals surface area contributed by atoms with Crippen molar-refractivity contribution in [3.8, 4) is 5.75 Å². The average molecular weight is 281 g/mol. The maximum Gasteiger partial charge on any atom is 0.573 e. The molecule has 0 atom stereocenters. The van der Waals surface area contributed by atoms with Gasteiger partial charge in [-0.1, -0.05) is 6.07 Å². The second-order valence-corrected chi connectivity index (χ2v) is 3.84. The Hall–Kier alpha value is -2.57. The molecule has 0 spiro atoms. The number of hydrogen-bond donors (Lipinski definition) is 1. The number of benzene rings is 2. The minimum Gasteiger partial charge on any atom is -0.406 e. The van der Waals surface area contributed by atoms with Crippen molar-refractivity contribution in [3.63, 3.8) is 0 Å². The lowest BCUT2D eigenvalue weighted by Crippen LogP contribution is -2.16. The first-order valence-corrected chi connectivity index (χ1v) is 5.55. The second kappa shape index (κ2) is 5.60. The van der Waals surface area contributed by atoms with Crippen LogP contribution in [0.3, 0.4) is 0 Å². The smallest absolute Gasteiger partial charge is 0.406 e. The standard InChI is InChI=1S/C13H10F3N3O/c14-13(15,16)20-12-3-1-2-11(8-12)19-18-10-6-4-9(17)5-7-10/h1-8H,17H2. The van der Waals surface area contributed by atoms with E-state index in [1.54, 1.807) is 24.3 Å². The molecule has 2 aromatic rings. The summed E-state index contributed by atoms with van der Waals surface area (Å²) in [5, 5.41) is 7.72. The third kappa shape index (κ3) is 4.27. The number of azo groups is 1. The molecule has 7 heteroatoms. The quantitative estimate of drug-likeness (QED) is 0.661. The maximum absolute atomic E-state index is 12.1. The molecule has 104 valence electrons. The average Bonchev–Trinajstić information content (AvgIpc) is 2.36. The molecule has 2 N–H and O–H groups in total. The van der Waals surface area contributed by atoms with Crippen LogP contribution in [0.4, 0.5) is 30.2 Å². The Balaban J connectivity index is 2.13. The van der Waals surface area contributed by atoms with Gasteiger partial charge >= 0.3 is 6.36 Å². The second-order valence-electron chi connectivity index (χ2n) is 3.84. The Morgan fingerprint density at radius 3 is 2.20 bits per heavy atom. The Bertz CT molecular complexity index is 609. The van der Waals surface area contributed by atoms with Crippen molar-refractivity contribution < 1.29 is 17.9 Å². The fourth-order valence-corrected chi connectivity index (χ4v) is 1.40. The highest BCUT2D eigenvalue weighted by Crippen LogP contribution is 2.27. The van der Waals surface area contributed by atoms with Gasteiger partial charge in [-0.25, -0.2) is 0 Å². The number of nitrogen functional groups attached to an aromatic ring is 1. The molecule has 0 heterocycles. The lowest BCUT2D eigenvalue weighted by atomic mass is 10.3. The van der Waals surface area contributed by atoms with Crippen LogP contribution in [0.25, 0.3) is 0 Å². The molecular weight excluding hydrogens is 271 g/mol. The molecule has 0 aromatic heterocycles. The lowest BCUT2D eigenvalue weighted by Gasteiger charge is -2.08. The largest absolute Gasteiger partial charge is 0.573 e. The minimum atomic E-state index is -4.73. The number of rotatable bonds is 3. The van der Waals surface area contributed by atoms with Gasteiger partial charge < -0.3 is 10.5 Å². The molecule has 0 fully saturated rings. The summed E-state index contributed by atoms with van der Waals surface area (Å²) in [4.78, 5) is 0. The van der Waals surface area contributed by atoms with Crippen LogP contribution in [0.1, 0.15) is 0 Å². The van der Waals surface area contributed by atoms with E-state index in [2.05, 4.69) is 15.0 Å². The number of ether oxygens (including phenoxy) is 1. The summed E-state index contributed by atoms with van der Waals surface area (Å²) in [6.45, 7) is 0. The number of anilines is 1. The van der Waals surface area contributed by atoms with Crippen LogP contribution in [0, 0.1) is 0 Å². The molecule has 2 rings (SSSR count). The van der Waals surface area contributed by atoms with Crippen LogP contribution in [0.2, 0.25) is 0 Å². The van der Waals surface area contributed by atoms with Crippen molar-refractivity contribution in [2.75, 3.05) is 5.73 Å². The first kappa shape index (κ1) is 13.9. The van der Waals surface area contributed by atoms with Gasteiger partial charge in [-0.15, -0.1) is 13.2 Å². The fourth-order valence-electron chi connectivity index (χ4n) is 1.40. The van der Waals surface area contributed by atoms with E-state index in [1.165, 1.54) is 18.2 Å². The Morgan fingerprint density at radius 2 is 1.55 bits per heavy atom. The van der Waals surface area contributed by atoms with Gasteiger partial charge in [0.15, 0.2) is 0 Å². The molecule has 0 saturated heterocycles. The highest BCUT2D eigenvalue weighted by molar-refractivity contribution is 5.48. The maximum atomic E-state index is 12.1. The highest BCUT2D eigenvalue weighted by atomic mass is 19.4. The van der Waals surface area contributed by atoms with Crippen molar-refractivity contribution in [1.82, 2.24) is 0 Å². The highest BCUT2D eigenvalue weighted by Gasteiger charge is 2.31. The van der Waals surface area contributed by atoms with E-state index in [9.17, 15) is 13.2 Å². The molecule has 0 unspecified atom stereocenters. The molecule has 0 aliphatic heterocycles. The molecule has 0 amide bonds. The zero-order chi connectivity index (χ0) is 14.6. The van der Waals surface area contributed by atoms with Gasteiger partial charge in [-0.2, -0.15) is 10.2 Å². The molecule has 0 radical (unpaired) electrons. The number of nitrogens with two attached hydrogens (primary N) is 1. The fraction of sp³-hybridized carbons (Fsp3) is 0.0769. The van der Waals surface area contributed by atoms with Gasteiger partial charge in [-0.3, -0.25) is 0 Å². The summed E-state index contributed by atoms with van der Waals surface area (Å²) in [5.74, 6) is -0.341. The molecular formula is C13H10F3N3O. The van der Waals surface area contributed by atoms with Crippen molar-refractivity contribution in [2.45, 2.75) is 6.36 Å². The minimum absolute atomic E-state index is 0.253. The van der Waals surface area contributed by atoms with E-state index in [0.29, 0.717) is 11.4 Å². The summed E-state index contributed by atoms with van der Waals surface area (Å²) in [7, 11) is 0. The first-order valence-electron chi connectivity index (χ1n) is 5.55. The van der Waals surface area contributed by atoms with Gasteiger partial charge in [0.25, 0.3) is 0 Å². The number of nitrogens with zero attached hydrogens (tertiary/aromatic N) is 2. The van der Waals surface area contributed by atoms with Crippen LogP contribution in [-0.4, -0.2) is 6.36 Å². The number of halogens is 3. The van der Waals surface area contributed by atoms with Crippen LogP contribution < -0.4 is 10.5 Å². The van der Waals surface area contributed by atoms with E-state index in [-0.39, 0.29) is 11.4 Å². The summed E-state index contributed by atoms with van der Waals surface area (Å²) in [6, 6.07) is 11.9. The van der Waals surface area contributed by atoms with Crippen molar-refractivity contribution >= 4 is 17.1 Å². The van der Waals surface area contributed by atoms with Crippen LogP contribution >= 0.6 is 0 Å². The molecule has 20 heavy (non-hydrogen) atoms. The molecule has 0 aliphatic carbocycles. The monoisotopic (exact) mass is 281 g/mol.